The van der Waals surface area contributed by atoms with Crippen molar-refractivity contribution in [2.75, 3.05) is 18.1 Å². The summed E-state index contributed by atoms with van der Waals surface area (Å²) >= 11 is 12.1. The zero-order valence-electron chi connectivity index (χ0n) is 11.0. The Morgan fingerprint density at radius 2 is 1.71 bits per heavy atom. The first-order chi connectivity index (χ1) is 9.85. The van der Waals surface area contributed by atoms with Crippen LogP contribution in [0.2, 0.25) is 10.0 Å². The van der Waals surface area contributed by atoms with Gasteiger partial charge in [0.05, 0.1) is 32.0 Å². The van der Waals surface area contributed by atoms with E-state index in [9.17, 15) is 8.42 Å². The van der Waals surface area contributed by atoms with Crippen LogP contribution in [0.4, 0.5) is 17.1 Å². The van der Waals surface area contributed by atoms with E-state index in [-0.39, 0.29) is 10.6 Å². The van der Waals surface area contributed by atoms with Gasteiger partial charge in [0.25, 0.3) is 0 Å². The summed E-state index contributed by atoms with van der Waals surface area (Å²) in [6, 6.07) is 9.45. The quantitative estimate of drug-likeness (QED) is 0.742. The zero-order valence-corrected chi connectivity index (χ0v) is 13.4. The Morgan fingerprint density at radius 3 is 2.24 bits per heavy atom. The molecule has 2 rings (SSSR count). The maximum atomic E-state index is 11.7. The van der Waals surface area contributed by atoms with E-state index in [1.54, 1.807) is 24.3 Å². The van der Waals surface area contributed by atoms with Crippen LogP contribution in [-0.2, 0) is 10.0 Å². The van der Waals surface area contributed by atoms with Crippen molar-refractivity contribution >= 4 is 50.3 Å². The monoisotopic (exact) mass is 345 g/mol. The molecule has 0 heterocycles. The Kier molecular flexibility index (Phi) is 4.63. The number of nitrogens with one attached hydrogen (secondary N) is 2. The molecule has 0 atom stereocenters. The van der Waals surface area contributed by atoms with Crippen molar-refractivity contribution < 1.29 is 8.42 Å². The average molecular weight is 346 g/mol. The van der Waals surface area contributed by atoms with Crippen LogP contribution in [0.3, 0.4) is 0 Å². The van der Waals surface area contributed by atoms with Gasteiger partial charge in [-0.2, -0.15) is 0 Å². The van der Waals surface area contributed by atoms with Gasteiger partial charge in [-0.1, -0.05) is 29.3 Å². The van der Waals surface area contributed by atoms with Crippen LogP contribution in [0.25, 0.3) is 0 Å². The van der Waals surface area contributed by atoms with Crippen LogP contribution >= 0.6 is 23.2 Å². The number of hydrogen-bond acceptors (Lipinski definition) is 4. The topological polar surface area (TPSA) is 84.2 Å². The van der Waals surface area contributed by atoms with Crippen LogP contribution in [-0.4, -0.2) is 15.5 Å². The summed E-state index contributed by atoms with van der Waals surface area (Å²) in [6.45, 7) is 0. The molecule has 2 aromatic carbocycles. The minimum absolute atomic E-state index is 0.0818. The van der Waals surface area contributed by atoms with E-state index in [2.05, 4.69) is 10.0 Å². The van der Waals surface area contributed by atoms with E-state index in [4.69, 9.17) is 28.9 Å². The highest BCUT2D eigenvalue weighted by atomic mass is 35.5. The van der Waals surface area contributed by atoms with Gasteiger partial charge < -0.3 is 11.1 Å². The van der Waals surface area contributed by atoms with Crippen LogP contribution in [0.5, 0.6) is 0 Å². The standard InChI is InChI=1S/C13H13Cl2N3O2S/c1-17-21(19,20)8-5-6-12(11(16)7-8)18-13-9(14)3-2-4-10(13)15/h2-7,17-18H,16H2,1H3. The lowest BCUT2D eigenvalue weighted by atomic mass is 10.2. The van der Waals surface area contributed by atoms with Gasteiger partial charge in [0.1, 0.15) is 0 Å². The van der Waals surface area contributed by atoms with Gasteiger partial charge in [0.2, 0.25) is 10.0 Å². The number of para-hydroxylation sites is 1. The number of rotatable bonds is 4. The van der Waals surface area contributed by atoms with E-state index >= 15 is 0 Å². The molecule has 2 aromatic rings. The Bertz CT molecular complexity index is 759. The molecule has 21 heavy (non-hydrogen) atoms. The Balaban J connectivity index is 2.39. The molecular weight excluding hydrogens is 333 g/mol. The van der Waals surface area contributed by atoms with Crippen LogP contribution in [0, 0.1) is 0 Å². The van der Waals surface area contributed by atoms with Gasteiger partial charge in [-0.25, -0.2) is 13.1 Å². The minimum atomic E-state index is -3.54. The molecule has 0 bridgehead atoms. The Morgan fingerprint density at radius 1 is 1.10 bits per heavy atom. The van der Waals surface area contributed by atoms with Crippen molar-refractivity contribution in [1.29, 1.82) is 0 Å². The second-order valence-electron chi connectivity index (χ2n) is 4.18. The maximum absolute atomic E-state index is 11.7. The van der Waals surface area contributed by atoms with Gasteiger partial charge in [-0.05, 0) is 37.4 Å². The molecule has 0 radical (unpaired) electrons. The SMILES string of the molecule is CNS(=O)(=O)c1ccc(Nc2c(Cl)cccc2Cl)c(N)c1. The second-order valence-corrected chi connectivity index (χ2v) is 6.88. The smallest absolute Gasteiger partial charge is 0.240 e. The van der Waals surface area contributed by atoms with Gasteiger partial charge in [-0.3, -0.25) is 0 Å². The number of sulfonamides is 1. The number of anilines is 3. The lowest BCUT2D eigenvalue weighted by Crippen LogP contribution is -2.18. The summed E-state index contributed by atoms with van der Waals surface area (Å²) in [7, 11) is -2.20. The van der Waals surface area contributed by atoms with Crippen molar-refractivity contribution in [2.45, 2.75) is 4.90 Å². The molecule has 0 aliphatic rings. The fourth-order valence-corrected chi connectivity index (χ4v) is 2.95. The number of nitrogen functional groups attached to an aromatic ring is 1. The Hall–Kier alpha value is -1.47. The summed E-state index contributed by atoms with van der Waals surface area (Å²) in [4.78, 5) is 0.0818. The molecule has 0 saturated carbocycles. The average Bonchev–Trinajstić information content (AvgIpc) is 2.44. The molecule has 0 fully saturated rings. The highest BCUT2D eigenvalue weighted by Crippen LogP contribution is 2.34. The lowest BCUT2D eigenvalue weighted by molar-refractivity contribution is 0.588. The third kappa shape index (κ3) is 3.41. The van der Waals surface area contributed by atoms with Gasteiger partial charge >= 0.3 is 0 Å². The molecule has 0 saturated heterocycles. The maximum Gasteiger partial charge on any atom is 0.240 e. The molecule has 0 aliphatic heterocycles. The number of nitrogens with two attached hydrogens (primary N) is 1. The zero-order chi connectivity index (χ0) is 15.6. The fourth-order valence-electron chi connectivity index (χ4n) is 1.69. The predicted octanol–water partition coefficient (Wildman–Crippen LogP) is 3.23. The first-order valence-electron chi connectivity index (χ1n) is 5.89. The number of halogens is 2. The highest BCUT2D eigenvalue weighted by molar-refractivity contribution is 7.89. The minimum Gasteiger partial charge on any atom is -0.397 e. The molecule has 0 amide bonds. The summed E-state index contributed by atoms with van der Waals surface area (Å²) in [5.74, 6) is 0. The second kappa shape index (κ2) is 6.11. The van der Waals surface area contributed by atoms with E-state index in [1.807, 2.05) is 0 Å². The molecule has 0 aromatic heterocycles. The summed E-state index contributed by atoms with van der Waals surface area (Å²) < 4.78 is 25.6. The van der Waals surface area contributed by atoms with Crippen molar-refractivity contribution in [1.82, 2.24) is 4.72 Å². The largest absolute Gasteiger partial charge is 0.397 e. The summed E-state index contributed by atoms with van der Waals surface area (Å²) in [5, 5.41) is 3.88. The molecule has 0 spiro atoms. The molecular formula is C13H13Cl2N3O2S. The first-order valence-corrected chi connectivity index (χ1v) is 8.13. The third-order valence-electron chi connectivity index (χ3n) is 2.82. The van der Waals surface area contributed by atoms with E-state index < -0.39 is 10.0 Å². The number of benzene rings is 2. The molecule has 8 heteroatoms. The third-order valence-corrected chi connectivity index (χ3v) is 4.87. The summed E-state index contributed by atoms with van der Waals surface area (Å²) in [6.07, 6.45) is 0. The fraction of sp³-hybridized carbons (Fsp3) is 0.0769. The molecule has 0 aliphatic carbocycles. The molecule has 5 nitrogen and oxygen atoms in total. The van der Waals surface area contributed by atoms with Gasteiger partial charge in [0.15, 0.2) is 0 Å². The van der Waals surface area contributed by atoms with Crippen molar-refractivity contribution in [3.05, 3.63) is 46.4 Å². The summed E-state index contributed by atoms with van der Waals surface area (Å²) in [5.41, 5.74) is 7.17. The van der Waals surface area contributed by atoms with E-state index in [0.29, 0.717) is 21.4 Å². The van der Waals surface area contributed by atoms with E-state index in [0.717, 1.165) is 0 Å². The Labute approximate surface area is 133 Å². The van der Waals surface area contributed by atoms with Crippen LogP contribution in [0.15, 0.2) is 41.3 Å². The van der Waals surface area contributed by atoms with Gasteiger partial charge in [0, 0.05) is 0 Å². The van der Waals surface area contributed by atoms with Gasteiger partial charge in [-0.15, -0.1) is 0 Å². The first kappa shape index (κ1) is 15.9. The normalized spacial score (nSPS) is 11.4. The molecule has 4 N–H and O–H groups in total. The van der Waals surface area contributed by atoms with E-state index in [1.165, 1.54) is 19.2 Å². The number of hydrogen-bond donors (Lipinski definition) is 3. The molecule has 112 valence electrons. The van der Waals surface area contributed by atoms with Crippen molar-refractivity contribution in [3.8, 4) is 0 Å². The van der Waals surface area contributed by atoms with Crippen molar-refractivity contribution in [2.24, 2.45) is 0 Å². The van der Waals surface area contributed by atoms with Crippen molar-refractivity contribution in [3.63, 3.8) is 0 Å². The lowest BCUT2D eigenvalue weighted by Gasteiger charge is -2.13. The molecule has 0 unspecified atom stereocenters. The highest BCUT2D eigenvalue weighted by Gasteiger charge is 2.14. The predicted molar refractivity (Wildman–Crippen MR) is 86.8 cm³/mol. The van der Waals surface area contributed by atoms with Crippen LogP contribution < -0.4 is 15.8 Å². The van der Waals surface area contributed by atoms with Crippen LogP contribution in [0.1, 0.15) is 0 Å².